The van der Waals surface area contributed by atoms with Gasteiger partial charge in [-0.15, -0.1) is 6.42 Å². The van der Waals surface area contributed by atoms with Gasteiger partial charge < -0.3 is 45.8 Å². The molecule has 10 atom stereocenters. The largest absolute Gasteiger partial charge is 0.497 e. The summed E-state index contributed by atoms with van der Waals surface area (Å²) in [5.74, 6) is 2.28. The molecule has 0 aromatic heterocycles. The predicted octanol–water partition coefficient (Wildman–Crippen LogP) is 20.4. The molecular formula is C71H136O11Si5. The van der Waals surface area contributed by atoms with E-state index in [2.05, 4.69) is 214 Å². The van der Waals surface area contributed by atoms with Gasteiger partial charge in [0.2, 0.25) is 5.79 Å². The first-order valence-corrected chi connectivity index (χ1v) is 47.9. The molecule has 0 N–H and O–H groups in total. The monoisotopic (exact) mass is 1300 g/mol. The van der Waals surface area contributed by atoms with Gasteiger partial charge in [-0.2, -0.15) is 0 Å². The number of rotatable bonds is 32. The summed E-state index contributed by atoms with van der Waals surface area (Å²) in [6.45, 7) is 70.4. The molecule has 0 bridgehead atoms. The molecule has 0 amide bonds. The number of benzene rings is 1. The van der Waals surface area contributed by atoms with Gasteiger partial charge in [0.05, 0.1) is 37.4 Å². The fourth-order valence-corrected chi connectivity index (χ4v) is 16.4. The Balaban J connectivity index is 3.01. The van der Waals surface area contributed by atoms with Gasteiger partial charge in [-0.1, -0.05) is 154 Å². The van der Waals surface area contributed by atoms with Crippen LogP contribution >= 0.6 is 0 Å². The van der Waals surface area contributed by atoms with Crippen LogP contribution in [-0.2, 0) is 52.5 Å². The summed E-state index contributed by atoms with van der Waals surface area (Å²) in [6, 6.07) is 8.06. The third-order valence-corrected chi connectivity index (χ3v) is 43.4. The lowest BCUT2D eigenvalue weighted by molar-refractivity contribution is -0.342. The molecule has 0 spiro atoms. The predicted molar refractivity (Wildman–Crippen MR) is 379 cm³/mol. The van der Waals surface area contributed by atoms with Crippen LogP contribution < -0.4 is 4.74 Å². The third-order valence-electron chi connectivity index (χ3n) is 20.9. The van der Waals surface area contributed by atoms with E-state index in [9.17, 15) is 4.79 Å². The molecule has 0 aliphatic carbocycles. The van der Waals surface area contributed by atoms with Crippen molar-refractivity contribution in [3.63, 3.8) is 0 Å². The molecule has 1 heterocycles. The molecule has 1 aliphatic rings. The van der Waals surface area contributed by atoms with E-state index in [1.807, 2.05) is 32.9 Å². The maximum absolute atomic E-state index is 13.9. The maximum atomic E-state index is 13.9. The SMILES string of the molecule is C#C[C@H](C[C@@H](OCc1ccc(OC)cc1)[C@@H](C)/C=C(\C)C[C@@H](O[Si](C)(C)C(C)(C)C)C1(OC)O[C@@H](C[C@H](CC[C@@H](O[Si](C)(C)C(C)(C)C)[C@@H](CCCC)OC(=O)C(C)(C)C)O[Si](C)(C)C(C)(C)C)CC[C@H]1O[Si](C)(C)C(C)(C)C)O[Si](C)(C)C(C)(C)C. The highest BCUT2D eigenvalue weighted by Gasteiger charge is 2.58. The topological polar surface area (TPSA) is 109 Å². The zero-order chi connectivity index (χ0) is 67.6. The van der Waals surface area contributed by atoms with Gasteiger partial charge in [-0.05, 0) is 187 Å². The van der Waals surface area contributed by atoms with Crippen molar-refractivity contribution in [3.05, 3.63) is 41.5 Å². The van der Waals surface area contributed by atoms with Gasteiger partial charge >= 0.3 is 5.97 Å². The van der Waals surface area contributed by atoms with Crippen LogP contribution in [-0.4, -0.2) is 116 Å². The van der Waals surface area contributed by atoms with E-state index in [1.54, 1.807) is 14.2 Å². The number of hydrogen-bond acceptors (Lipinski definition) is 11. The van der Waals surface area contributed by atoms with Crippen LogP contribution in [0.4, 0.5) is 0 Å². The number of carbonyl (C=O) groups excluding carboxylic acids is 1. The van der Waals surface area contributed by atoms with E-state index >= 15 is 0 Å². The number of carbonyl (C=O) groups is 1. The summed E-state index contributed by atoms with van der Waals surface area (Å²) in [5.41, 5.74) is 1.53. The molecule has 1 aromatic carbocycles. The summed E-state index contributed by atoms with van der Waals surface area (Å²) < 4.78 is 71.5. The van der Waals surface area contributed by atoms with Crippen LogP contribution in [0.25, 0.3) is 0 Å². The summed E-state index contributed by atoms with van der Waals surface area (Å²) in [5, 5.41) is -0.347. The number of terminal acetylenes is 1. The minimum atomic E-state index is -2.57. The first kappa shape index (κ1) is 81.6. The first-order chi connectivity index (χ1) is 39.2. The van der Waals surface area contributed by atoms with Gasteiger partial charge in [0.1, 0.15) is 30.2 Å². The van der Waals surface area contributed by atoms with Crippen molar-refractivity contribution in [3.8, 4) is 18.1 Å². The van der Waals surface area contributed by atoms with Crippen molar-refractivity contribution in [2.24, 2.45) is 11.3 Å². The third kappa shape index (κ3) is 23.8. The molecule has 11 nitrogen and oxygen atoms in total. The lowest BCUT2D eigenvalue weighted by Crippen LogP contribution is -2.66. The second kappa shape index (κ2) is 31.7. The Bertz CT molecular complexity index is 2320. The second-order valence-corrected chi connectivity index (χ2v) is 58.4. The fraction of sp³-hybridized carbons (Fsp3) is 0.845. The summed E-state index contributed by atoms with van der Waals surface area (Å²) in [4.78, 5) is 13.9. The molecule has 1 unspecified atom stereocenters. The summed E-state index contributed by atoms with van der Waals surface area (Å²) in [7, 11) is -8.50. The van der Waals surface area contributed by atoms with Gasteiger partial charge in [0.15, 0.2) is 41.6 Å². The Kier molecular flexibility index (Phi) is 29.7. The smallest absolute Gasteiger partial charge is 0.311 e. The molecule has 1 fully saturated rings. The number of methoxy groups -OCH3 is 2. The van der Waals surface area contributed by atoms with E-state index in [0.29, 0.717) is 38.7 Å². The molecular weight excluding hydrogens is 1170 g/mol. The van der Waals surface area contributed by atoms with E-state index in [-0.39, 0.29) is 61.5 Å². The molecule has 0 saturated carbocycles. The standard InChI is InChI=1S/C71H136O11Si5/c1-35-37-38-59(76-64(72)65(5,6)7)60(80-85(29,30)68(14,15)16)45-43-58(79-84(27,28)67(11,12)13)49-57-44-46-62(81-86(31,32)69(17,18)19)71(74-24,77-57)63(82-87(33,34)70(20,21)22)48-52(3)47-53(4)61(75-51-54-39-41-56(73-23)42-40-54)50-55(36-2)78-83(25,26)66(8,9)10/h2,39-42,47,53,55,57-63H,35,37-38,43-46,48-51H2,1,3-34H3/b52-47+/t53-,55+,57+,58-,59+,60+,61+,62+,63+,71?/m0/s1. The van der Waals surface area contributed by atoms with Crippen LogP contribution in [0.1, 0.15) is 215 Å². The molecule has 16 heteroatoms. The average Bonchev–Trinajstić information content (AvgIpc) is 0.809. The molecule has 1 saturated heterocycles. The zero-order valence-corrected chi connectivity index (χ0v) is 67.4. The Morgan fingerprint density at radius 1 is 0.667 bits per heavy atom. The molecule has 1 aliphatic heterocycles. The van der Waals surface area contributed by atoms with Crippen LogP contribution in [0.5, 0.6) is 5.75 Å². The van der Waals surface area contributed by atoms with E-state index < -0.39 is 77.2 Å². The summed E-state index contributed by atoms with van der Waals surface area (Å²) in [6.07, 6.45) is 13.1. The highest BCUT2D eigenvalue weighted by Crippen LogP contribution is 2.49. The molecule has 87 heavy (non-hydrogen) atoms. The van der Waals surface area contributed by atoms with Crippen LogP contribution in [0.2, 0.25) is 90.7 Å². The van der Waals surface area contributed by atoms with E-state index in [0.717, 1.165) is 49.0 Å². The molecule has 2 rings (SSSR count). The minimum absolute atomic E-state index is 0.0186. The Hall–Kier alpha value is -1.45. The van der Waals surface area contributed by atoms with Crippen LogP contribution in [0.15, 0.2) is 35.9 Å². The number of ether oxygens (including phenoxy) is 5. The minimum Gasteiger partial charge on any atom is -0.497 e. The van der Waals surface area contributed by atoms with Gasteiger partial charge in [-0.3, -0.25) is 4.79 Å². The van der Waals surface area contributed by atoms with Crippen LogP contribution in [0, 0.1) is 23.7 Å². The number of hydrogen-bond donors (Lipinski definition) is 0. The van der Waals surface area contributed by atoms with Gasteiger partial charge in [0.25, 0.3) is 0 Å². The van der Waals surface area contributed by atoms with Crippen molar-refractivity contribution < 1.29 is 50.6 Å². The van der Waals surface area contributed by atoms with Gasteiger partial charge in [0, 0.05) is 25.6 Å². The van der Waals surface area contributed by atoms with Crippen molar-refractivity contribution >= 4 is 47.6 Å². The van der Waals surface area contributed by atoms with Crippen molar-refractivity contribution in [2.75, 3.05) is 14.2 Å². The maximum Gasteiger partial charge on any atom is 0.311 e. The quantitative estimate of drug-likeness (QED) is 0.0298. The zero-order valence-electron chi connectivity index (χ0n) is 62.4. The Morgan fingerprint density at radius 3 is 1.62 bits per heavy atom. The highest BCUT2D eigenvalue weighted by molar-refractivity contribution is 6.75. The first-order valence-electron chi connectivity index (χ1n) is 33.4. The Labute approximate surface area is 541 Å². The summed E-state index contributed by atoms with van der Waals surface area (Å²) >= 11 is 0. The van der Waals surface area contributed by atoms with E-state index in [4.69, 9.17) is 52.2 Å². The lowest BCUT2D eigenvalue weighted by atomic mass is 9.87. The van der Waals surface area contributed by atoms with Gasteiger partial charge in [-0.25, -0.2) is 0 Å². The van der Waals surface area contributed by atoms with E-state index in [1.165, 1.54) is 0 Å². The highest BCUT2D eigenvalue weighted by atomic mass is 28.4. The Morgan fingerprint density at radius 2 is 1.16 bits per heavy atom. The number of unbranched alkanes of at least 4 members (excludes halogenated alkanes) is 1. The van der Waals surface area contributed by atoms with Crippen molar-refractivity contribution in [1.82, 2.24) is 0 Å². The normalized spacial score (nSPS) is 21.1. The molecule has 0 radical (unpaired) electrons. The average molecular weight is 1310 g/mol. The number of esters is 1. The molecule has 1 aromatic rings. The van der Waals surface area contributed by atoms with Crippen molar-refractivity contribution in [1.29, 1.82) is 0 Å². The molecule has 506 valence electrons. The lowest BCUT2D eigenvalue weighted by Gasteiger charge is -2.54. The second-order valence-electron chi connectivity index (χ2n) is 34.6. The van der Waals surface area contributed by atoms with Crippen LogP contribution in [0.3, 0.4) is 0 Å². The van der Waals surface area contributed by atoms with Crippen molar-refractivity contribution in [2.45, 2.75) is 361 Å². The fourth-order valence-electron chi connectivity index (χ4n) is 9.71.